The number of aromatic nitrogens is 3. The monoisotopic (exact) mass is 336 g/mol. The number of rotatable bonds is 4. The van der Waals surface area contributed by atoms with Crippen molar-refractivity contribution in [2.24, 2.45) is 7.05 Å². The van der Waals surface area contributed by atoms with Crippen LogP contribution in [-0.4, -0.2) is 57.5 Å². The number of carbonyl (C=O) groups excluding carboxylic acids is 1. The van der Waals surface area contributed by atoms with Crippen LogP contribution in [0.1, 0.15) is 57.4 Å². The third kappa shape index (κ3) is 4.13. The van der Waals surface area contributed by atoms with Crippen LogP contribution in [0.15, 0.2) is 6.33 Å². The molecule has 2 aliphatic rings. The number of ether oxygens (including phenoxy) is 2. The summed E-state index contributed by atoms with van der Waals surface area (Å²) in [5, 5.41) is 7.99. The fraction of sp³-hybridized carbons (Fsp3) is 0.824. The molecule has 1 aliphatic carbocycles. The van der Waals surface area contributed by atoms with Gasteiger partial charge in [-0.15, -0.1) is 10.2 Å². The highest BCUT2D eigenvalue weighted by Crippen LogP contribution is 2.23. The van der Waals surface area contributed by atoms with Crippen LogP contribution in [0.4, 0.5) is 0 Å². The van der Waals surface area contributed by atoms with Crippen LogP contribution in [0.25, 0.3) is 0 Å². The van der Waals surface area contributed by atoms with E-state index in [1.54, 1.807) is 6.33 Å². The maximum Gasteiger partial charge on any atom is 0.251 e. The molecule has 0 bridgehead atoms. The number of nitrogens with zero attached hydrogens (tertiary/aromatic N) is 4. The summed E-state index contributed by atoms with van der Waals surface area (Å²) in [4.78, 5) is 14.6. The summed E-state index contributed by atoms with van der Waals surface area (Å²) in [5.41, 5.74) is 0. The van der Waals surface area contributed by atoms with Crippen molar-refractivity contribution >= 4 is 5.91 Å². The highest BCUT2D eigenvalue weighted by molar-refractivity contribution is 5.80. The summed E-state index contributed by atoms with van der Waals surface area (Å²) in [5.74, 6) is 0.805. The molecule has 1 amide bonds. The van der Waals surface area contributed by atoms with Crippen molar-refractivity contribution in [2.45, 2.75) is 63.8 Å². The van der Waals surface area contributed by atoms with E-state index in [0.29, 0.717) is 19.7 Å². The summed E-state index contributed by atoms with van der Waals surface area (Å²) in [7, 11) is 1.89. The minimum absolute atomic E-state index is 0.0507. The van der Waals surface area contributed by atoms with Gasteiger partial charge in [-0.25, -0.2) is 0 Å². The van der Waals surface area contributed by atoms with E-state index in [1.165, 1.54) is 25.7 Å². The molecule has 2 atom stereocenters. The molecule has 0 spiro atoms. The van der Waals surface area contributed by atoms with E-state index in [2.05, 4.69) is 10.2 Å². The molecule has 0 radical (unpaired) electrons. The van der Waals surface area contributed by atoms with E-state index >= 15 is 0 Å². The molecular weight excluding hydrogens is 308 g/mol. The highest BCUT2D eigenvalue weighted by atomic mass is 16.5. The minimum atomic E-state index is -0.397. The van der Waals surface area contributed by atoms with Crippen molar-refractivity contribution in [3.63, 3.8) is 0 Å². The number of morpholine rings is 1. The predicted octanol–water partition coefficient (Wildman–Crippen LogP) is 1.84. The molecule has 7 nitrogen and oxygen atoms in total. The van der Waals surface area contributed by atoms with Gasteiger partial charge < -0.3 is 18.9 Å². The standard InChI is InChI=1S/C17H28N4O3/c1-13(24-14-7-5-3-4-6-8-14)17(22)21-9-10-23-15(11-21)16-19-18-12-20(16)2/h12-15H,3-11H2,1-2H3/t13-,15+/m0/s1. The second-order valence-electron chi connectivity index (χ2n) is 6.84. The number of amides is 1. The Morgan fingerprint density at radius 3 is 2.75 bits per heavy atom. The van der Waals surface area contributed by atoms with E-state index in [9.17, 15) is 4.79 Å². The van der Waals surface area contributed by atoms with E-state index in [4.69, 9.17) is 9.47 Å². The van der Waals surface area contributed by atoms with Crippen molar-refractivity contribution in [2.75, 3.05) is 19.7 Å². The highest BCUT2D eigenvalue weighted by Gasteiger charge is 2.31. The lowest BCUT2D eigenvalue weighted by molar-refractivity contribution is -0.154. The molecule has 24 heavy (non-hydrogen) atoms. The lowest BCUT2D eigenvalue weighted by atomic mass is 10.1. The van der Waals surface area contributed by atoms with E-state index in [-0.39, 0.29) is 18.1 Å². The first-order valence-corrected chi connectivity index (χ1v) is 9.05. The molecule has 0 aromatic carbocycles. The zero-order valence-corrected chi connectivity index (χ0v) is 14.7. The Labute approximate surface area is 143 Å². The smallest absolute Gasteiger partial charge is 0.251 e. The van der Waals surface area contributed by atoms with E-state index < -0.39 is 6.10 Å². The summed E-state index contributed by atoms with van der Waals surface area (Å²) in [6.45, 7) is 3.49. The Morgan fingerprint density at radius 2 is 2.08 bits per heavy atom. The van der Waals surface area contributed by atoms with Gasteiger partial charge in [-0.1, -0.05) is 25.7 Å². The molecule has 1 aromatic rings. The first-order chi connectivity index (χ1) is 11.6. The molecule has 1 saturated carbocycles. The Kier molecular flexibility index (Phi) is 5.84. The number of hydrogen-bond donors (Lipinski definition) is 0. The average Bonchev–Trinajstić information content (AvgIpc) is 2.86. The maximum absolute atomic E-state index is 12.8. The van der Waals surface area contributed by atoms with Gasteiger partial charge in [0.1, 0.15) is 18.5 Å². The normalized spacial score (nSPS) is 24.6. The second-order valence-corrected chi connectivity index (χ2v) is 6.84. The van der Waals surface area contributed by atoms with E-state index in [1.807, 2.05) is 23.4 Å². The molecule has 1 saturated heterocycles. The van der Waals surface area contributed by atoms with Crippen molar-refractivity contribution in [3.8, 4) is 0 Å². The SMILES string of the molecule is C[C@H](OC1CCCCCC1)C(=O)N1CCO[C@@H](c2nncn2C)C1. The molecule has 1 aliphatic heterocycles. The largest absolute Gasteiger partial charge is 0.366 e. The summed E-state index contributed by atoms with van der Waals surface area (Å²) in [6.07, 6.45) is 8.38. The molecule has 2 heterocycles. The summed E-state index contributed by atoms with van der Waals surface area (Å²) < 4.78 is 13.7. The Morgan fingerprint density at radius 1 is 1.33 bits per heavy atom. The van der Waals surface area contributed by atoms with Gasteiger partial charge in [0.05, 0.1) is 19.3 Å². The van der Waals surface area contributed by atoms with Crippen LogP contribution in [0, 0.1) is 0 Å². The van der Waals surface area contributed by atoms with Gasteiger partial charge in [-0.2, -0.15) is 0 Å². The van der Waals surface area contributed by atoms with Gasteiger partial charge in [0.2, 0.25) is 0 Å². The van der Waals surface area contributed by atoms with Crippen molar-refractivity contribution in [1.82, 2.24) is 19.7 Å². The predicted molar refractivity (Wildman–Crippen MR) is 88.3 cm³/mol. The van der Waals surface area contributed by atoms with Gasteiger partial charge in [0.25, 0.3) is 5.91 Å². The zero-order valence-electron chi connectivity index (χ0n) is 14.7. The average molecular weight is 336 g/mol. The van der Waals surface area contributed by atoms with Crippen LogP contribution in [-0.2, 0) is 21.3 Å². The van der Waals surface area contributed by atoms with Gasteiger partial charge >= 0.3 is 0 Å². The van der Waals surface area contributed by atoms with Crippen LogP contribution < -0.4 is 0 Å². The third-order valence-electron chi connectivity index (χ3n) is 4.96. The summed E-state index contributed by atoms with van der Waals surface area (Å²) >= 11 is 0. The maximum atomic E-state index is 12.8. The Balaban J connectivity index is 1.56. The third-order valence-corrected chi connectivity index (χ3v) is 4.96. The molecule has 7 heteroatoms. The molecule has 0 N–H and O–H groups in total. The quantitative estimate of drug-likeness (QED) is 0.785. The van der Waals surface area contributed by atoms with Gasteiger partial charge in [0, 0.05) is 13.6 Å². The molecule has 1 aromatic heterocycles. The fourth-order valence-corrected chi connectivity index (χ4v) is 3.57. The summed E-state index contributed by atoms with van der Waals surface area (Å²) in [6, 6.07) is 0. The van der Waals surface area contributed by atoms with Gasteiger partial charge in [-0.05, 0) is 19.8 Å². The number of aryl methyl sites for hydroxylation is 1. The molecule has 3 rings (SSSR count). The second kappa shape index (κ2) is 8.07. The fourth-order valence-electron chi connectivity index (χ4n) is 3.57. The first-order valence-electron chi connectivity index (χ1n) is 9.05. The van der Waals surface area contributed by atoms with Gasteiger partial charge in [0.15, 0.2) is 5.82 Å². The lowest BCUT2D eigenvalue weighted by Gasteiger charge is -2.34. The van der Waals surface area contributed by atoms with Gasteiger partial charge in [-0.3, -0.25) is 4.79 Å². The topological polar surface area (TPSA) is 69.5 Å². The van der Waals surface area contributed by atoms with Crippen LogP contribution in [0.5, 0.6) is 0 Å². The van der Waals surface area contributed by atoms with Crippen LogP contribution in [0.3, 0.4) is 0 Å². The van der Waals surface area contributed by atoms with Crippen LogP contribution >= 0.6 is 0 Å². The first kappa shape index (κ1) is 17.4. The molecule has 2 fully saturated rings. The minimum Gasteiger partial charge on any atom is -0.366 e. The lowest BCUT2D eigenvalue weighted by Crippen LogP contribution is -2.47. The Bertz CT molecular complexity index is 540. The van der Waals surface area contributed by atoms with Crippen LogP contribution in [0.2, 0.25) is 0 Å². The van der Waals surface area contributed by atoms with Crippen molar-refractivity contribution < 1.29 is 14.3 Å². The molecule has 0 unspecified atom stereocenters. The molecule has 134 valence electrons. The van der Waals surface area contributed by atoms with Crippen molar-refractivity contribution in [3.05, 3.63) is 12.2 Å². The molecular formula is C17H28N4O3. The number of carbonyl (C=O) groups is 1. The Hall–Kier alpha value is -1.47. The van der Waals surface area contributed by atoms with Crippen molar-refractivity contribution in [1.29, 1.82) is 0 Å². The number of hydrogen-bond acceptors (Lipinski definition) is 5. The van der Waals surface area contributed by atoms with E-state index in [0.717, 1.165) is 18.7 Å². The zero-order chi connectivity index (χ0) is 16.9.